The van der Waals surface area contributed by atoms with Gasteiger partial charge in [0, 0.05) is 23.8 Å². The van der Waals surface area contributed by atoms with Crippen molar-refractivity contribution in [3.05, 3.63) is 95.6 Å². The monoisotopic (exact) mass is 521 g/mol. The number of nitrogens with zero attached hydrogens (tertiary/aromatic N) is 3. The average molecular weight is 522 g/mol. The highest BCUT2D eigenvalue weighted by Crippen LogP contribution is 2.31. The lowest BCUT2D eigenvalue weighted by Gasteiger charge is -2.25. The maximum Gasteiger partial charge on any atom is 0.338 e. The Morgan fingerprint density at radius 3 is 2.42 bits per heavy atom. The van der Waals surface area contributed by atoms with E-state index in [2.05, 4.69) is 22.0 Å². The molecule has 0 saturated carbocycles. The number of aromatic nitrogens is 1. The molecule has 186 valence electrons. The fourth-order valence-corrected chi connectivity index (χ4v) is 5.90. The van der Waals surface area contributed by atoms with Crippen LogP contribution in [-0.4, -0.2) is 29.7 Å². The highest BCUT2D eigenvalue weighted by atomic mass is 35.5. The maximum atomic E-state index is 13.7. The summed E-state index contributed by atoms with van der Waals surface area (Å²) in [6, 6.07) is 14.8. The number of carbonyl (C=O) groups is 1. The molecule has 0 N–H and O–H groups in total. The predicted octanol–water partition coefficient (Wildman–Crippen LogP) is 4.44. The molecule has 1 saturated heterocycles. The molecule has 2 aliphatic heterocycles. The van der Waals surface area contributed by atoms with Gasteiger partial charge in [-0.3, -0.25) is 9.36 Å². The topological polar surface area (TPSA) is 63.9 Å². The first kappa shape index (κ1) is 24.5. The summed E-state index contributed by atoms with van der Waals surface area (Å²) in [4.78, 5) is 34.4. The Morgan fingerprint density at radius 2 is 1.78 bits per heavy atom. The van der Waals surface area contributed by atoms with Gasteiger partial charge in [0.15, 0.2) is 4.80 Å². The maximum absolute atomic E-state index is 13.7. The number of halogens is 1. The predicted molar refractivity (Wildman–Crippen MR) is 144 cm³/mol. The Kier molecular flexibility index (Phi) is 6.86. The molecular weight excluding hydrogens is 494 g/mol. The van der Waals surface area contributed by atoms with Crippen LogP contribution < -0.4 is 19.8 Å². The van der Waals surface area contributed by atoms with Gasteiger partial charge in [0.2, 0.25) is 0 Å². The number of allylic oxidation sites excluding steroid dienone is 1. The molecule has 2 aromatic carbocycles. The first-order chi connectivity index (χ1) is 17.3. The summed E-state index contributed by atoms with van der Waals surface area (Å²) in [5.41, 5.74) is 3.64. The van der Waals surface area contributed by atoms with Crippen LogP contribution in [0.3, 0.4) is 0 Å². The number of anilines is 1. The van der Waals surface area contributed by atoms with Crippen molar-refractivity contribution in [2.75, 3.05) is 18.0 Å². The molecule has 0 radical (unpaired) electrons. The molecule has 0 spiro atoms. The standard InChI is InChI=1S/C28H28ClN3O3S/c1-17(2)35-27(34)24-18(3)30-28-32(25(24)20-8-10-21(29)11-9-20)26(33)23(36-28)16-19-6-12-22(13-7-19)31-14-4-5-15-31/h6-13,16-17,25H,4-5,14-15H2,1-3H3/b23-16+/t25-/m1/s1. The van der Waals surface area contributed by atoms with Crippen molar-refractivity contribution >= 4 is 40.7 Å². The zero-order valence-corrected chi connectivity index (χ0v) is 22.1. The average Bonchev–Trinajstić information content (AvgIpc) is 3.48. The van der Waals surface area contributed by atoms with Crippen LogP contribution in [0.5, 0.6) is 0 Å². The summed E-state index contributed by atoms with van der Waals surface area (Å²) in [5.74, 6) is -0.474. The van der Waals surface area contributed by atoms with Gasteiger partial charge in [-0.25, -0.2) is 9.79 Å². The van der Waals surface area contributed by atoms with Crippen molar-refractivity contribution in [3.63, 3.8) is 0 Å². The highest BCUT2D eigenvalue weighted by Gasteiger charge is 2.33. The second-order valence-corrected chi connectivity index (χ2v) is 10.8. The summed E-state index contributed by atoms with van der Waals surface area (Å²) in [5, 5.41) is 0.579. The van der Waals surface area contributed by atoms with Gasteiger partial charge in [0.05, 0.1) is 27.9 Å². The lowest BCUT2D eigenvalue weighted by molar-refractivity contribution is -0.143. The van der Waals surface area contributed by atoms with Crippen molar-refractivity contribution in [1.29, 1.82) is 0 Å². The molecule has 2 aliphatic rings. The van der Waals surface area contributed by atoms with Crippen LogP contribution in [0.15, 0.2) is 69.6 Å². The van der Waals surface area contributed by atoms with Crippen molar-refractivity contribution in [2.24, 2.45) is 4.99 Å². The number of thiazole rings is 1. The lowest BCUT2D eigenvalue weighted by atomic mass is 9.96. The molecule has 6 nitrogen and oxygen atoms in total. The van der Waals surface area contributed by atoms with Gasteiger partial charge in [-0.05, 0) is 75.1 Å². The van der Waals surface area contributed by atoms with Gasteiger partial charge >= 0.3 is 5.97 Å². The molecule has 1 fully saturated rings. The van der Waals surface area contributed by atoms with Crippen LogP contribution in [0.25, 0.3) is 6.08 Å². The fourth-order valence-electron chi connectivity index (χ4n) is 4.73. The molecule has 5 rings (SSSR count). The molecule has 36 heavy (non-hydrogen) atoms. The number of hydrogen-bond donors (Lipinski definition) is 0. The van der Waals surface area contributed by atoms with Crippen LogP contribution >= 0.6 is 22.9 Å². The Bertz CT molecular complexity index is 1500. The van der Waals surface area contributed by atoms with Gasteiger partial charge in [-0.1, -0.05) is 47.2 Å². The Hall–Kier alpha value is -3.16. The molecule has 0 amide bonds. The van der Waals surface area contributed by atoms with E-state index in [-0.39, 0.29) is 11.7 Å². The SMILES string of the molecule is CC1=C(C(=O)OC(C)C)[C@@H](c2ccc(Cl)cc2)n2c(s/c(=C/c3ccc(N4CCCC4)cc3)c2=O)=N1. The third-order valence-electron chi connectivity index (χ3n) is 6.43. The van der Waals surface area contributed by atoms with E-state index in [0.717, 1.165) is 24.2 Å². The normalized spacial score (nSPS) is 18.0. The number of hydrogen-bond acceptors (Lipinski definition) is 6. The lowest BCUT2D eigenvalue weighted by Crippen LogP contribution is -2.40. The van der Waals surface area contributed by atoms with E-state index in [9.17, 15) is 9.59 Å². The third kappa shape index (κ3) is 4.77. The number of rotatable bonds is 5. The van der Waals surface area contributed by atoms with E-state index in [1.165, 1.54) is 29.9 Å². The van der Waals surface area contributed by atoms with Crippen LogP contribution in [0, 0.1) is 0 Å². The summed E-state index contributed by atoms with van der Waals surface area (Å²) in [7, 11) is 0. The van der Waals surface area contributed by atoms with Gasteiger partial charge in [0.1, 0.15) is 0 Å². The molecule has 0 unspecified atom stereocenters. The number of ether oxygens (including phenoxy) is 1. The van der Waals surface area contributed by atoms with Crippen LogP contribution in [0.4, 0.5) is 5.69 Å². The number of fused-ring (bicyclic) bond motifs is 1. The van der Waals surface area contributed by atoms with Crippen LogP contribution in [0.1, 0.15) is 50.8 Å². The van der Waals surface area contributed by atoms with Gasteiger partial charge in [0.25, 0.3) is 5.56 Å². The zero-order chi connectivity index (χ0) is 25.4. The van der Waals surface area contributed by atoms with E-state index in [1.807, 2.05) is 30.3 Å². The smallest absolute Gasteiger partial charge is 0.338 e. The molecule has 1 aromatic heterocycles. The summed E-state index contributed by atoms with van der Waals surface area (Å²) >= 11 is 7.45. The Morgan fingerprint density at radius 1 is 1.11 bits per heavy atom. The summed E-state index contributed by atoms with van der Waals surface area (Å²) < 4.78 is 7.70. The van der Waals surface area contributed by atoms with Gasteiger partial charge in [-0.15, -0.1) is 0 Å². The van der Waals surface area contributed by atoms with Gasteiger partial charge < -0.3 is 9.64 Å². The molecule has 3 heterocycles. The second-order valence-electron chi connectivity index (χ2n) is 9.37. The summed E-state index contributed by atoms with van der Waals surface area (Å²) in [6.07, 6.45) is 4.05. The highest BCUT2D eigenvalue weighted by molar-refractivity contribution is 7.07. The van der Waals surface area contributed by atoms with Crippen molar-refractivity contribution < 1.29 is 9.53 Å². The zero-order valence-electron chi connectivity index (χ0n) is 20.5. The van der Waals surface area contributed by atoms with E-state index in [4.69, 9.17) is 16.3 Å². The van der Waals surface area contributed by atoms with Crippen LogP contribution in [-0.2, 0) is 9.53 Å². The molecule has 3 aromatic rings. The van der Waals surface area contributed by atoms with E-state index in [0.29, 0.717) is 25.6 Å². The second kappa shape index (κ2) is 10.1. The fraction of sp³-hybridized carbons (Fsp3) is 0.321. The number of benzene rings is 2. The quantitative estimate of drug-likeness (QED) is 0.466. The third-order valence-corrected chi connectivity index (χ3v) is 7.67. The minimum absolute atomic E-state index is 0.190. The summed E-state index contributed by atoms with van der Waals surface area (Å²) in [6.45, 7) is 7.56. The number of esters is 1. The van der Waals surface area contributed by atoms with Crippen molar-refractivity contribution in [3.8, 4) is 0 Å². The van der Waals surface area contributed by atoms with E-state index in [1.54, 1.807) is 37.5 Å². The Labute approximate surface area is 218 Å². The molecule has 8 heteroatoms. The van der Waals surface area contributed by atoms with Crippen molar-refractivity contribution in [1.82, 2.24) is 4.57 Å². The first-order valence-electron chi connectivity index (χ1n) is 12.2. The molecule has 0 aliphatic carbocycles. The van der Waals surface area contributed by atoms with Crippen LogP contribution in [0.2, 0.25) is 5.02 Å². The first-order valence-corrected chi connectivity index (χ1v) is 13.4. The largest absolute Gasteiger partial charge is 0.459 e. The van der Waals surface area contributed by atoms with Gasteiger partial charge in [-0.2, -0.15) is 0 Å². The minimum Gasteiger partial charge on any atom is -0.459 e. The molecular formula is C28H28ClN3O3S. The van der Waals surface area contributed by atoms with E-state index >= 15 is 0 Å². The molecule has 0 bridgehead atoms. The molecule has 1 atom stereocenters. The van der Waals surface area contributed by atoms with E-state index < -0.39 is 12.0 Å². The minimum atomic E-state index is -0.649. The Balaban J connectivity index is 1.60. The number of carbonyl (C=O) groups excluding carboxylic acids is 1. The van der Waals surface area contributed by atoms with Crippen molar-refractivity contribution in [2.45, 2.75) is 45.8 Å².